The molecule has 5 rings (SSSR count). The van der Waals surface area contributed by atoms with E-state index in [9.17, 15) is 19.5 Å². The summed E-state index contributed by atoms with van der Waals surface area (Å²) >= 11 is 0.952. The Balaban J connectivity index is 1.58. The number of methoxy groups -OCH3 is 1. The molecule has 0 bridgehead atoms. The number of amides is 1. The van der Waals surface area contributed by atoms with Crippen LogP contribution in [0.25, 0.3) is 5.76 Å². The van der Waals surface area contributed by atoms with E-state index in [1.54, 1.807) is 62.4 Å². The number of aliphatic hydroxyl groups excluding tert-OH is 1. The molecule has 10 heteroatoms. The van der Waals surface area contributed by atoms with Gasteiger partial charge in [-0.3, -0.25) is 14.5 Å². The molecule has 1 saturated heterocycles. The van der Waals surface area contributed by atoms with Crippen molar-refractivity contribution >= 4 is 39.9 Å². The predicted molar refractivity (Wildman–Crippen MR) is 158 cm³/mol. The second-order valence-corrected chi connectivity index (χ2v) is 10.4. The fraction of sp³-hybridized carbons (Fsp3) is 0.188. The summed E-state index contributed by atoms with van der Waals surface area (Å²) in [5.41, 5.74) is 2.10. The molecular weight excluding hydrogens is 556 g/mol. The highest BCUT2D eigenvalue weighted by Crippen LogP contribution is 2.44. The van der Waals surface area contributed by atoms with Gasteiger partial charge in [0.05, 0.1) is 31.0 Å². The van der Waals surface area contributed by atoms with Crippen LogP contribution in [0.3, 0.4) is 0 Å². The molecule has 1 fully saturated rings. The lowest BCUT2D eigenvalue weighted by Crippen LogP contribution is -2.29. The molecule has 1 aliphatic heterocycles. The normalized spacial score (nSPS) is 16.0. The van der Waals surface area contributed by atoms with Crippen LogP contribution in [0.5, 0.6) is 11.5 Å². The van der Waals surface area contributed by atoms with Gasteiger partial charge in [-0.2, -0.15) is 0 Å². The minimum Gasteiger partial charge on any atom is -0.507 e. The molecule has 0 spiro atoms. The molecule has 1 N–H and O–H groups in total. The number of nitrogens with zero attached hydrogens (tertiary/aromatic N) is 2. The topological polar surface area (TPSA) is 115 Å². The van der Waals surface area contributed by atoms with E-state index in [4.69, 9.17) is 14.2 Å². The lowest BCUT2D eigenvalue weighted by Gasteiger charge is -2.23. The molecule has 214 valence electrons. The highest BCUT2D eigenvalue weighted by molar-refractivity contribution is 7.17. The smallest absolute Gasteiger partial charge is 0.350 e. The number of Topliss-reactive ketones (excluding diaryl/α,β-unsaturated/α-hetero) is 1. The maximum absolute atomic E-state index is 13.5. The molecule has 0 aliphatic carbocycles. The number of thiazole rings is 1. The van der Waals surface area contributed by atoms with Crippen molar-refractivity contribution in [3.05, 3.63) is 112 Å². The first-order chi connectivity index (χ1) is 20.3. The highest BCUT2D eigenvalue weighted by Gasteiger charge is 2.48. The zero-order valence-electron chi connectivity index (χ0n) is 23.2. The third-order valence-corrected chi connectivity index (χ3v) is 7.82. The van der Waals surface area contributed by atoms with Crippen LogP contribution < -0.4 is 14.4 Å². The number of carbonyl (C=O) groups excluding carboxylic acids is 3. The number of hydrogen-bond donors (Lipinski definition) is 1. The Morgan fingerprint density at radius 2 is 1.74 bits per heavy atom. The van der Waals surface area contributed by atoms with Gasteiger partial charge in [0.1, 0.15) is 28.7 Å². The van der Waals surface area contributed by atoms with Crippen LogP contribution in [0.2, 0.25) is 0 Å². The zero-order chi connectivity index (χ0) is 29.8. The number of ether oxygens (including phenoxy) is 3. The summed E-state index contributed by atoms with van der Waals surface area (Å²) in [4.78, 5) is 45.5. The molecule has 1 amide bonds. The van der Waals surface area contributed by atoms with Gasteiger partial charge in [-0.1, -0.05) is 65.9 Å². The second-order valence-electron chi connectivity index (χ2n) is 9.38. The van der Waals surface area contributed by atoms with Crippen molar-refractivity contribution in [3.8, 4) is 11.5 Å². The van der Waals surface area contributed by atoms with E-state index in [1.165, 1.54) is 12.0 Å². The van der Waals surface area contributed by atoms with Gasteiger partial charge >= 0.3 is 11.9 Å². The van der Waals surface area contributed by atoms with Crippen LogP contribution in [-0.4, -0.2) is 41.5 Å². The molecule has 4 aromatic rings. The largest absolute Gasteiger partial charge is 0.507 e. The van der Waals surface area contributed by atoms with Gasteiger partial charge < -0.3 is 19.3 Å². The summed E-state index contributed by atoms with van der Waals surface area (Å²) in [5, 5.41) is 11.6. The van der Waals surface area contributed by atoms with Gasteiger partial charge in [-0.25, -0.2) is 9.78 Å². The summed E-state index contributed by atoms with van der Waals surface area (Å²) < 4.78 is 16.3. The number of benzene rings is 3. The lowest BCUT2D eigenvalue weighted by atomic mass is 9.95. The molecular formula is C32H28N2O7S. The molecule has 2 heterocycles. The van der Waals surface area contributed by atoms with E-state index < -0.39 is 23.7 Å². The van der Waals surface area contributed by atoms with Crippen LogP contribution >= 0.6 is 11.3 Å². The van der Waals surface area contributed by atoms with Crippen LogP contribution in [-0.2, 0) is 20.9 Å². The molecule has 1 unspecified atom stereocenters. The monoisotopic (exact) mass is 584 g/mol. The lowest BCUT2D eigenvalue weighted by molar-refractivity contribution is -0.132. The van der Waals surface area contributed by atoms with Gasteiger partial charge in [0.25, 0.3) is 5.78 Å². The van der Waals surface area contributed by atoms with Crippen LogP contribution in [0.1, 0.15) is 45.0 Å². The van der Waals surface area contributed by atoms with Crippen molar-refractivity contribution in [3.63, 3.8) is 0 Å². The van der Waals surface area contributed by atoms with Gasteiger partial charge in [0, 0.05) is 5.56 Å². The first-order valence-corrected chi connectivity index (χ1v) is 14.0. The third-order valence-electron chi connectivity index (χ3n) is 6.68. The number of hydrogen-bond acceptors (Lipinski definition) is 9. The van der Waals surface area contributed by atoms with E-state index in [1.807, 2.05) is 30.3 Å². The molecule has 0 radical (unpaired) electrons. The maximum atomic E-state index is 13.5. The van der Waals surface area contributed by atoms with Crippen molar-refractivity contribution in [2.24, 2.45) is 0 Å². The standard InChI is InChI=1S/C32H28N2O7S/c1-4-40-31(38)29-19(2)33-32(42-29)34-26(21-13-15-23(16-14-21)41-18-20-9-6-5-7-10-20)25(28(36)30(34)37)27(35)22-11-8-12-24(17-22)39-3/h5-17,26,35H,4,18H2,1-3H3/b27-25+. The molecule has 1 aliphatic rings. The Labute approximate surface area is 246 Å². The summed E-state index contributed by atoms with van der Waals surface area (Å²) in [7, 11) is 1.49. The summed E-state index contributed by atoms with van der Waals surface area (Å²) in [6.07, 6.45) is 0. The quantitative estimate of drug-likeness (QED) is 0.113. The minimum atomic E-state index is -1.03. The number of esters is 1. The van der Waals surface area contributed by atoms with E-state index in [0.717, 1.165) is 16.9 Å². The van der Waals surface area contributed by atoms with Gasteiger partial charge in [-0.05, 0) is 49.2 Å². The second kappa shape index (κ2) is 12.3. The fourth-order valence-electron chi connectivity index (χ4n) is 4.63. The molecule has 0 saturated carbocycles. The summed E-state index contributed by atoms with van der Waals surface area (Å²) in [6, 6.07) is 22.2. The first-order valence-electron chi connectivity index (χ1n) is 13.2. The molecule has 9 nitrogen and oxygen atoms in total. The number of rotatable bonds is 9. The number of anilines is 1. The summed E-state index contributed by atoms with van der Waals surface area (Å²) in [5.74, 6) is -1.62. The van der Waals surface area contributed by atoms with Gasteiger partial charge in [-0.15, -0.1) is 0 Å². The van der Waals surface area contributed by atoms with Crippen molar-refractivity contribution in [2.45, 2.75) is 26.5 Å². The minimum absolute atomic E-state index is 0.114. The number of ketones is 1. The van der Waals surface area contributed by atoms with E-state index >= 15 is 0 Å². The molecule has 3 aromatic carbocycles. The highest BCUT2D eigenvalue weighted by atomic mass is 32.1. The average molecular weight is 585 g/mol. The van der Waals surface area contributed by atoms with Gasteiger partial charge in [0.15, 0.2) is 5.13 Å². The molecule has 42 heavy (non-hydrogen) atoms. The number of carbonyl (C=O) groups is 3. The number of aromatic nitrogens is 1. The molecule has 1 aromatic heterocycles. The Kier molecular flexibility index (Phi) is 8.35. The Morgan fingerprint density at radius 1 is 1.00 bits per heavy atom. The SMILES string of the molecule is CCOC(=O)c1sc(N2C(=O)C(=O)/C(=C(/O)c3cccc(OC)c3)C2c2ccc(OCc3ccccc3)cc2)nc1C. The van der Waals surface area contributed by atoms with Crippen molar-refractivity contribution in [2.75, 3.05) is 18.6 Å². The number of aryl methyl sites for hydroxylation is 1. The van der Waals surface area contributed by atoms with Crippen LogP contribution in [0.4, 0.5) is 5.13 Å². The fourth-order valence-corrected chi connectivity index (χ4v) is 5.62. The van der Waals surface area contributed by atoms with Crippen LogP contribution in [0.15, 0.2) is 84.4 Å². The van der Waals surface area contributed by atoms with E-state index in [0.29, 0.717) is 34.9 Å². The first kappa shape index (κ1) is 28.6. The molecule has 1 atom stereocenters. The van der Waals surface area contributed by atoms with Crippen molar-refractivity contribution in [1.82, 2.24) is 4.98 Å². The number of aliphatic hydroxyl groups is 1. The average Bonchev–Trinajstić information content (AvgIpc) is 3.52. The third kappa shape index (κ3) is 5.61. The maximum Gasteiger partial charge on any atom is 0.350 e. The van der Waals surface area contributed by atoms with Gasteiger partial charge in [0.2, 0.25) is 0 Å². The Hall–Kier alpha value is -4.96. The van der Waals surface area contributed by atoms with Crippen LogP contribution in [0, 0.1) is 6.92 Å². The Morgan fingerprint density at radius 3 is 2.43 bits per heavy atom. The van der Waals surface area contributed by atoms with Crippen molar-refractivity contribution in [1.29, 1.82) is 0 Å². The van der Waals surface area contributed by atoms with E-state index in [2.05, 4.69) is 4.98 Å². The van der Waals surface area contributed by atoms with Crippen molar-refractivity contribution < 1.29 is 33.7 Å². The zero-order valence-corrected chi connectivity index (χ0v) is 24.0. The Bertz CT molecular complexity index is 1660. The summed E-state index contributed by atoms with van der Waals surface area (Å²) in [6.45, 7) is 3.87. The predicted octanol–water partition coefficient (Wildman–Crippen LogP) is 5.84. The van der Waals surface area contributed by atoms with E-state index in [-0.39, 0.29) is 27.9 Å².